The monoisotopic (exact) mass is 451 g/mol. The van der Waals surface area contributed by atoms with Gasteiger partial charge in [0, 0.05) is 25.2 Å². The molecule has 0 saturated carbocycles. The number of benzene rings is 2. The molecule has 2 aliphatic rings. The van der Waals surface area contributed by atoms with Crippen molar-refractivity contribution in [3.8, 4) is 11.1 Å². The first-order valence-electron chi connectivity index (χ1n) is 10.6. The molecule has 2 aromatic carbocycles. The lowest BCUT2D eigenvalue weighted by Gasteiger charge is -2.26. The summed E-state index contributed by atoms with van der Waals surface area (Å²) in [4.78, 5) is 13.9. The van der Waals surface area contributed by atoms with Crippen LogP contribution in [0, 0.1) is 22.5 Å². The van der Waals surface area contributed by atoms with Crippen molar-refractivity contribution in [2.75, 3.05) is 26.3 Å². The number of hydrogen-bond donors (Lipinski definition) is 2. The predicted octanol–water partition coefficient (Wildman–Crippen LogP) is 1.11. The van der Waals surface area contributed by atoms with Crippen LogP contribution < -0.4 is 10.9 Å². The Morgan fingerprint density at radius 1 is 1.03 bits per heavy atom. The van der Waals surface area contributed by atoms with E-state index in [4.69, 9.17) is 39.1 Å². The van der Waals surface area contributed by atoms with Crippen molar-refractivity contribution in [1.29, 1.82) is 10.8 Å². The van der Waals surface area contributed by atoms with Crippen molar-refractivity contribution in [3.63, 3.8) is 0 Å². The van der Waals surface area contributed by atoms with E-state index in [1.807, 2.05) is 6.07 Å². The molecular formula is C24H18B3F2N3O2. The molecule has 5 nitrogen and oxygen atoms in total. The molecule has 0 unspecified atom stereocenters. The molecule has 1 saturated heterocycles. The smallest absolute Gasteiger partial charge is 0.175 e. The van der Waals surface area contributed by atoms with Crippen LogP contribution in [-0.4, -0.2) is 71.8 Å². The Morgan fingerprint density at radius 3 is 2.29 bits per heavy atom. The van der Waals surface area contributed by atoms with Crippen LogP contribution in [0.15, 0.2) is 42.0 Å². The number of rotatable bonds is 5. The van der Waals surface area contributed by atoms with E-state index >= 15 is 8.78 Å². The standard InChI is InChI=1S/C24H18B3F2N3O2/c25-19-17(14-9-15(24(27)33)23(31)16(30)10-14)20(26)22(29)18(21(19)28)13-3-1-2-12(8-13)11-32-4-6-34-7-5-32/h1-3,8-10,30-31H,4-7,11H2. The van der Waals surface area contributed by atoms with Crippen molar-refractivity contribution in [1.82, 2.24) is 4.90 Å². The molecule has 1 heterocycles. The Bertz CT molecular complexity index is 1260. The zero-order valence-electron chi connectivity index (χ0n) is 18.3. The topological polar surface area (TPSA) is 77.2 Å². The summed E-state index contributed by atoms with van der Waals surface area (Å²) < 4.78 is 36.3. The van der Waals surface area contributed by atoms with Crippen LogP contribution in [0.3, 0.4) is 0 Å². The maximum atomic E-state index is 15.5. The van der Waals surface area contributed by atoms with E-state index in [1.54, 1.807) is 18.2 Å². The maximum absolute atomic E-state index is 15.5. The zero-order chi connectivity index (χ0) is 24.6. The minimum Gasteiger partial charge on any atom is -0.379 e. The van der Waals surface area contributed by atoms with Crippen molar-refractivity contribution in [3.05, 3.63) is 64.8 Å². The third-order valence-corrected chi connectivity index (χ3v) is 5.87. The molecule has 0 atom stereocenters. The Kier molecular flexibility index (Phi) is 6.82. The number of ether oxygens (including phenoxy) is 1. The number of allylic oxidation sites excluding steroid dienone is 4. The summed E-state index contributed by atoms with van der Waals surface area (Å²) >= 11 is 0. The molecule has 1 aliphatic carbocycles. The molecule has 1 aliphatic heterocycles. The number of hydrogen-bond acceptors (Lipinski definition) is 5. The Labute approximate surface area is 200 Å². The molecule has 6 radical (unpaired) electrons. The normalized spacial score (nSPS) is 16.9. The van der Waals surface area contributed by atoms with Gasteiger partial charge in [0.15, 0.2) is 7.85 Å². The molecule has 0 spiro atoms. The molecule has 10 heteroatoms. The lowest BCUT2D eigenvalue weighted by molar-refractivity contribution is -0.108. The molecule has 4 rings (SSSR count). The highest BCUT2D eigenvalue weighted by Gasteiger charge is 2.26. The summed E-state index contributed by atoms with van der Waals surface area (Å²) in [6.45, 7) is 3.41. The van der Waals surface area contributed by atoms with Crippen LogP contribution in [0.4, 0.5) is 8.78 Å². The number of carbonyl (C=O) groups excluding carboxylic acids is 1. The zero-order valence-corrected chi connectivity index (χ0v) is 18.3. The molecular weight excluding hydrogens is 433 g/mol. The molecule has 0 amide bonds. The molecule has 2 N–H and O–H groups in total. The van der Waals surface area contributed by atoms with E-state index in [-0.39, 0.29) is 33.5 Å². The van der Waals surface area contributed by atoms with E-state index in [1.165, 1.54) is 6.08 Å². The summed E-state index contributed by atoms with van der Waals surface area (Å²) in [6.07, 6.45) is 2.32. The fourth-order valence-electron chi connectivity index (χ4n) is 4.12. The van der Waals surface area contributed by atoms with Gasteiger partial charge in [-0.2, -0.15) is 0 Å². The van der Waals surface area contributed by atoms with Crippen molar-refractivity contribution in [2.24, 2.45) is 0 Å². The number of halogens is 2. The second-order valence-corrected chi connectivity index (χ2v) is 8.10. The van der Waals surface area contributed by atoms with Gasteiger partial charge < -0.3 is 9.53 Å². The molecule has 164 valence electrons. The first-order valence-corrected chi connectivity index (χ1v) is 10.6. The van der Waals surface area contributed by atoms with Gasteiger partial charge in [-0.1, -0.05) is 29.1 Å². The summed E-state index contributed by atoms with van der Waals surface area (Å²) in [5, 5.41) is 15.7. The van der Waals surface area contributed by atoms with Crippen molar-refractivity contribution in [2.45, 2.75) is 6.54 Å². The number of nitrogens with zero attached hydrogens (tertiary/aromatic N) is 1. The maximum Gasteiger partial charge on any atom is 0.175 e. The second-order valence-electron chi connectivity index (χ2n) is 8.10. The molecule has 2 aromatic rings. The van der Waals surface area contributed by atoms with Crippen LogP contribution in [0.2, 0.25) is 0 Å². The van der Waals surface area contributed by atoms with Gasteiger partial charge in [0.1, 0.15) is 33.0 Å². The minimum atomic E-state index is -1.01. The number of nitrogens with one attached hydrogen (secondary N) is 2. The lowest BCUT2D eigenvalue weighted by atomic mass is 9.72. The van der Waals surface area contributed by atoms with E-state index in [2.05, 4.69) is 4.90 Å². The van der Waals surface area contributed by atoms with Gasteiger partial charge in [-0.15, -0.1) is 0 Å². The highest BCUT2D eigenvalue weighted by atomic mass is 19.1. The van der Waals surface area contributed by atoms with Gasteiger partial charge in [0.05, 0.1) is 30.2 Å². The van der Waals surface area contributed by atoms with Gasteiger partial charge in [-0.25, -0.2) is 8.78 Å². The summed E-state index contributed by atoms with van der Waals surface area (Å²) in [7, 11) is 17.4. The van der Waals surface area contributed by atoms with Crippen molar-refractivity contribution >= 4 is 57.1 Å². The second kappa shape index (κ2) is 9.64. The van der Waals surface area contributed by atoms with Crippen LogP contribution in [0.25, 0.3) is 16.7 Å². The SMILES string of the molecule is [B]C(=O)C1=CC(c2c([B])c(F)c(-c3cccc(CN4CCOCC4)c3)c(F)c2[B])=CC(=N)C1=N. The third kappa shape index (κ3) is 4.48. The van der Waals surface area contributed by atoms with Crippen LogP contribution >= 0.6 is 0 Å². The van der Waals surface area contributed by atoms with Crippen LogP contribution in [0.1, 0.15) is 11.1 Å². The van der Waals surface area contributed by atoms with Gasteiger partial charge in [-0.3, -0.25) is 15.7 Å². The van der Waals surface area contributed by atoms with Crippen LogP contribution in [0.5, 0.6) is 0 Å². The average Bonchev–Trinajstić information content (AvgIpc) is 2.81. The van der Waals surface area contributed by atoms with Gasteiger partial charge in [-0.05, 0) is 40.5 Å². The van der Waals surface area contributed by atoms with Crippen LogP contribution in [-0.2, 0) is 16.1 Å². The summed E-state index contributed by atoms with van der Waals surface area (Å²) in [5.74, 6) is -2.01. The third-order valence-electron chi connectivity index (χ3n) is 5.87. The number of morpholine rings is 1. The summed E-state index contributed by atoms with van der Waals surface area (Å²) in [6, 6.07) is 6.85. The fourth-order valence-corrected chi connectivity index (χ4v) is 4.12. The predicted molar refractivity (Wildman–Crippen MR) is 131 cm³/mol. The minimum absolute atomic E-state index is 0.0234. The highest BCUT2D eigenvalue weighted by Crippen LogP contribution is 2.29. The molecule has 34 heavy (non-hydrogen) atoms. The average molecular weight is 451 g/mol. The number of carbonyl (C=O) groups is 1. The summed E-state index contributed by atoms with van der Waals surface area (Å²) in [5.41, 5.74) is -2.22. The van der Waals surface area contributed by atoms with E-state index < -0.39 is 34.0 Å². The highest BCUT2D eigenvalue weighted by molar-refractivity contribution is 6.72. The van der Waals surface area contributed by atoms with Gasteiger partial charge in [0.25, 0.3) is 0 Å². The van der Waals surface area contributed by atoms with Gasteiger partial charge in [0.2, 0.25) is 0 Å². The molecule has 0 aromatic heterocycles. The Balaban J connectivity index is 1.78. The lowest BCUT2D eigenvalue weighted by Crippen LogP contribution is -2.35. The molecule has 0 bridgehead atoms. The largest absolute Gasteiger partial charge is 0.379 e. The van der Waals surface area contributed by atoms with Crippen molar-refractivity contribution < 1.29 is 18.3 Å². The van der Waals surface area contributed by atoms with E-state index in [0.717, 1.165) is 24.7 Å². The fraction of sp³-hybridized carbons (Fsp3) is 0.208. The molecule has 1 fully saturated rings. The Morgan fingerprint density at radius 2 is 1.68 bits per heavy atom. The first kappa shape index (κ1) is 24.0. The Hall–Kier alpha value is -3.10. The van der Waals surface area contributed by atoms with E-state index in [0.29, 0.717) is 19.8 Å². The van der Waals surface area contributed by atoms with E-state index in [9.17, 15) is 4.79 Å². The first-order chi connectivity index (χ1) is 16.2. The van der Waals surface area contributed by atoms with Gasteiger partial charge >= 0.3 is 0 Å². The quantitative estimate of drug-likeness (QED) is 0.529.